The largest absolute Gasteiger partial charge is 0.507 e. The highest BCUT2D eigenvalue weighted by Crippen LogP contribution is 2.47. The van der Waals surface area contributed by atoms with E-state index in [2.05, 4.69) is 0 Å². The molecule has 0 heterocycles. The van der Waals surface area contributed by atoms with E-state index in [1.807, 2.05) is 0 Å². The SMILES string of the molecule is COC1=C(c2ccc(O)c(O)c2OC)C(/C(C(=O)c2ccccc2)=C(/O)c2ccccc2)=CC(=O)C1=O. The molecule has 0 bridgehead atoms. The molecule has 8 nitrogen and oxygen atoms in total. The van der Waals surface area contributed by atoms with E-state index in [4.69, 9.17) is 9.47 Å². The molecule has 1 aliphatic rings. The minimum Gasteiger partial charge on any atom is -0.507 e. The van der Waals surface area contributed by atoms with Gasteiger partial charge in [0, 0.05) is 27.8 Å². The highest BCUT2D eigenvalue weighted by atomic mass is 16.5. The minimum absolute atomic E-state index is 0.0426. The molecule has 0 aromatic heterocycles. The zero-order chi connectivity index (χ0) is 26.7. The molecular weight excluding hydrogens is 476 g/mol. The van der Waals surface area contributed by atoms with Gasteiger partial charge in [0.05, 0.1) is 19.8 Å². The van der Waals surface area contributed by atoms with E-state index < -0.39 is 40.4 Å². The molecule has 0 aliphatic heterocycles. The Morgan fingerprint density at radius 2 is 1.38 bits per heavy atom. The maximum Gasteiger partial charge on any atom is 0.268 e. The van der Waals surface area contributed by atoms with E-state index >= 15 is 0 Å². The number of aliphatic hydroxyl groups excluding tert-OH is 1. The molecule has 3 aromatic rings. The second kappa shape index (κ2) is 10.2. The van der Waals surface area contributed by atoms with Crippen molar-refractivity contribution in [3.63, 3.8) is 0 Å². The Kier molecular flexibility index (Phi) is 6.92. The Hall–Kier alpha value is -5.11. The van der Waals surface area contributed by atoms with E-state index in [0.717, 1.165) is 12.1 Å². The zero-order valence-electron chi connectivity index (χ0n) is 19.9. The Morgan fingerprint density at radius 1 is 0.784 bits per heavy atom. The second-order valence-corrected chi connectivity index (χ2v) is 7.96. The Bertz CT molecular complexity index is 1500. The summed E-state index contributed by atoms with van der Waals surface area (Å²) in [6, 6.07) is 18.8. The van der Waals surface area contributed by atoms with Crippen molar-refractivity contribution in [3.8, 4) is 17.2 Å². The van der Waals surface area contributed by atoms with Crippen molar-refractivity contribution in [2.75, 3.05) is 14.2 Å². The van der Waals surface area contributed by atoms with Crippen molar-refractivity contribution in [2.24, 2.45) is 0 Å². The monoisotopic (exact) mass is 498 g/mol. The van der Waals surface area contributed by atoms with Gasteiger partial charge in [-0.3, -0.25) is 14.4 Å². The third-order valence-electron chi connectivity index (χ3n) is 5.81. The molecule has 0 amide bonds. The third-order valence-corrected chi connectivity index (χ3v) is 5.81. The first-order valence-corrected chi connectivity index (χ1v) is 11.1. The number of allylic oxidation sites excluding steroid dienone is 5. The number of phenolic OH excluding ortho intramolecular Hbond substituents is 2. The summed E-state index contributed by atoms with van der Waals surface area (Å²) < 4.78 is 10.6. The van der Waals surface area contributed by atoms with E-state index in [1.54, 1.807) is 60.7 Å². The van der Waals surface area contributed by atoms with Crippen molar-refractivity contribution >= 4 is 28.7 Å². The fourth-order valence-corrected chi connectivity index (χ4v) is 4.07. The van der Waals surface area contributed by atoms with Crippen molar-refractivity contribution in [2.45, 2.75) is 0 Å². The number of hydrogen-bond donors (Lipinski definition) is 3. The molecule has 4 rings (SSSR count). The molecule has 0 atom stereocenters. The van der Waals surface area contributed by atoms with Crippen molar-refractivity contribution in [1.29, 1.82) is 0 Å². The lowest BCUT2D eigenvalue weighted by Crippen LogP contribution is -2.24. The average molecular weight is 498 g/mol. The molecule has 37 heavy (non-hydrogen) atoms. The molecule has 0 radical (unpaired) electrons. The average Bonchev–Trinajstić information content (AvgIpc) is 2.92. The van der Waals surface area contributed by atoms with Crippen LogP contribution in [0.4, 0.5) is 0 Å². The normalized spacial score (nSPS) is 14.2. The number of aliphatic hydroxyl groups is 1. The van der Waals surface area contributed by atoms with Crippen molar-refractivity contribution < 1.29 is 39.2 Å². The third kappa shape index (κ3) is 4.48. The number of aromatic hydroxyl groups is 2. The second-order valence-electron chi connectivity index (χ2n) is 7.96. The van der Waals surface area contributed by atoms with Gasteiger partial charge in [-0.2, -0.15) is 0 Å². The summed E-state index contributed by atoms with van der Waals surface area (Å²) in [4.78, 5) is 39.5. The molecule has 0 saturated carbocycles. The zero-order valence-corrected chi connectivity index (χ0v) is 19.9. The van der Waals surface area contributed by atoms with Gasteiger partial charge in [0.15, 0.2) is 23.0 Å². The van der Waals surface area contributed by atoms with Crippen molar-refractivity contribution in [1.82, 2.24) is 0 Å². The molecule has 0 unspecified atom stereocenters. The minimum atomic E-state index is -0.999. The number of rotatable bonds is 7. The summed E-state index contributed by atoms with van der Waals surface area (Å²) in [5, 5.41) is 31.9. The number of hydrogen-bond acceptors (Lipinski definition) is 8. The van der Waals surface area contributed by atoms with E-state index in [-0.39, 0.29) is 39.2 Å². The van der Waals surface area contributed by atoms with Crippen LogP contribution < -0.4 is 4.74 Å². The highest BCUT2D eigenvalue weighted by Gasteiger charge is 2.37. The molecule has 0 saturated heterocycles. The van der Waals surface area contributed by atoms with Gasteiger partial charge in [-0.25, -0.2) is 0 Å². The fraction of sp³-hybridized carbons (Fsp3) is 0.0690. The number of benzene rings is 3. The van der Waals surface area contributed by atoms with Crippen LogP contribution in [0.5, 0.6) is 17.2 Å². The number of ether oxygens (including phenoxy) is 2. The molecule has 3 N–H and O–H groups in total. The van der Waals surface area contributed by atoms with Gasteiger partial charge in [0.1, 0.15) is 5.76 Å². The van der Waals surface area contributed by atoms with Crippen molar-refractivity contribution in [3.05, 3.63) is 112 Å². The van der Waals surface area contributed by atoms with Gasteiger partial charge in [-0.15, -0.1) is 0 Å². The van der Waals surface area contributed by atoms with Crippen LogP contribution in [0.3, 0.4) is 0 Å². The summed E-state index contributed by atoms with van der Waals surface area (Å²) in [6.45, 7) is 0. The standard InChI is InChI=1S/C29H22O8/c1-36-28-18(13-14-20(30)26(28)34)22-19(15-21(31)27(35)29(22)37-2)23(24(32)16-9-5-3-6-10-16)25(33)17-11-7-4-8-12-17/h3-15,30,32,34H,1-2H3/b24-23-. The van der Waals surface area contributed by atoms with E-state index in [0.29, 0.717) is 0 Å². The van der Waals surface area contributed by atoms with E-state index in [9.17, 15) is 29.7 Å². The summed E-state index contributed by atoms with van der Waals surface area (Å²) in [5.74, 6) is -4.83. The molecular formula is C29H22O8. The van der Waals surface area contributed by atoms with Crippen LogP contribution in [0, 0.1) is 0 Å². The van der Waals surface area contributed by atoms with Crippen LogP contribution in [0.2, 0.25) is 0 Å². The summed E-state index contributed by atoms with van der Waals surface area (Å²) in [7, 11) is 2.41. The number of carbonyl (C=O) groups is 3. The quantitative estimate of drug-likeness (QED) is 0.109. The number of methoxy groups -OCH3 is 2. The van der Waals surface area contributed by atoms with Crippen LogP contribution in [0.1, 0.15) is 21.5 Å². The topological polar surface area (TPSA) is 130 Å². The first-order chi connectivity index (χ1) is 17.8. The van der Waals surface area contributed by atoms with Gasteiger partial charge in [0.2, 0.25) is 11.5 Å². The van der Waals surface area contributed by atoms with Gasteiger partial charge in [-0.1, -0.05) is 60.7 Å². The molecule has 0 spiro atoms. The van der Waals surface area contributed by atoms with Crippen LogP contribution in [-0.2, 0) is 14.3 Å². The maximum atomic E-state index is 13.9. The summed E-state index contributed by atoms with van der Waals surface area (Å²) >= 11 is 0. The number of Topliss-reactive ketones (excluding diaryl/α,β-unsaturated/α-hetero) is 2. The predicted octanol–water partition coefficient (Wildman–Crippen LogP) is 4.39. The lowest BCUT2D eigenvalue weighted by atomic mass is 9.81. The Balaban J connectivity index is 2.10. The number of phenols is 2. The van der Waals surface area contributed by atoms with Crippen LogP contribution >= 0.6 is 0 Å². The highest BCUT2D eigenvalue weighted by molar-refractivity contribution is 6.50. The molecule has 1 aliphatic carbocycles. The van der Waals surface area contributed by atoms with E-state index in [1.165, 1.54) is 20.3 Å². The number of carbonyl (C=O) groups excluding carboxylic acids is 3. The molecule has 3 aromatic carbocycles. The van der Waals surface area contributed by atoms with Gasteiger partial charge in [-0.05, 0) is 18.2 Å². The molecule has 186 valence electrons. The molecule has 8 heteroatoms. The fourth-order valence-electron chi connectivity index (χ4n) is 4.07. The van der Waals surface area contributed by atoms with Gasteiger partial charge < -0.3 is 24.8 Å². The Labute approximate surface area is 212 Å². The first-order valence-electron chi connectivity index (χ1n) is 11.1. The van der Waals surface area contributed by atoms with Crippen LogP contribution in [-0.4, -0.2) is 46.9 Å². The predicted molar refractivity (Wildman–Crippen MR) is 135 cm³/mol. The summed E-state index contributed by atoms with van der Waals surface area (Å²) in [6.07, 6.45) is 0.943. The smallest absolute Gasteiger partial charge is 0.268 e. The van der Waals surface area contributed by atoms with Gasteiger partial charge in [0.25, 0.3) is 5.78 Å². The van der Waals surface area contributed by atoms with Crippen LogP contribution in [0.15, 0.2) is 95.8 Å². The maximum absolute atomic E-state index is 13.9. The lowest BCUT2D eigenvalue weighted by molar-refractivity contribution is -0.133. The Morgan fingerprint density at radius 3 is 1.95 bits per heavy atom. The summed E-state index contributed by atoms with van der Waals surface area (Å²) in [5.41, 5.74) is 0.0504. The lowest BCUT2D eigenvalue weighted by Gasteiger charge is -2.24. The van der Waals surface area contributed by atoms with Crippen LogP contribution in [0.25, 0.3) is 11.3 Å². The van der Waals surface area contributed by atoms with Gasteiger partial charge >= 0.3 is 0 Å². The number of ketones is 3. The first kappa shape index (κ1) is 25.0. The molecule has 0 fully saturated rings.